The molecule has 5 heteroatoms. The quantitative estimate of drug-likeness (QED) is 0.808. The number of hydrogen-bond donors (Lipinski definition) is 1. The van der Waals surface area contributed by atoms with Gasteiger partial charge in [-0.1, -0.05) is 18.2 Å². The minimum absolute atomic E-state index is 0.0851. The number of carbonyl (C=O) groups is 1. The Morgan fingerprint density at radius 3 is 2.46 bits per heavy atom. The molecule has 128 valence electrons. The van der Waals surface area contributed by atoms with Crippen molar-refractivity contribution in [3.63, 3.8) is 0 Å². The average Bonchev–Trinajstić information content (AvgIpc) is 2.54. The maximum Gasteiger partial charge on any atom is 0.220 e. The van der Waals surface area contributed by atoms with E-state index in [2.05, 4.69) is 5.32 Å². The molecule has 0 saturated carbocycles. The van der Waals surface area contributed by atoms with Crippen LogP contribution >= 0.6 is 0 Å². The third kappa shape index (κ3) is 5.72. The van der Waals surface area contributed by atoms with Crippen LogP contribution < -0.4 is 5.32 Å². The first-order valence-corrected chi connectivity index (χ1v) is 7.92. The Morgan fingerprint density at radius 2 is 1.75 bits per heavy atom. The summed E-state index contributed by atoms with van der Waals surface area (Å²) >= 11 is 0. The van der Waals surface area contributed by atoms with Gasteiger partial charge in [-0.05, 0) is 61.6 Å². The highest BCUT2D eigenvalue weighted by atomic mass is 19.2. The lowest BCUT2D eigenvalue weighted by atomic mass is 10.1. The lowest BCUT2D eigenvalue weighted by molar-refractivity contribution is -0.121. The maximum atomic E-state index is 13.1. The van der Waals surface area contributed by atoms with Gasteiger partial charge in [0.2, 0.25) is 5.91 Å². The molecule has 0 saturated heterocycles. The monoisotopic (exact) mass is 335 g/mol. The average molecular weight is 335 g/mol. The Morgan fingerprint density at radius 1 is 1.00 bits per heavy atom. The van der Waals surface area contributed by atoms with E-state index in [1.807, 2.05) is 6.92 Å². The lowest BCUT2D eigenvalue weighted by Gasteiger charge is -2.14. The molecular weight excluding hydrogens is 315 g/mol. The molecule has 2 aromatic carbocycles. The van der Waals surface area contributed by atoms with Crippen molar-refractivity contribution in [2.75, 3.05) is 0 Å². The molecular formula is C19H20F3NO. The summed E-state index contributed by atoms with van der Waals surface area (Å²) in [5.41, 5.74) is 1.47. The Balaban J connectivity index is 1.74. The van der Waals surface area contributed by atoms with E-state index in [1.165, 1.54) is 24.3 Å². The molecule has 0 heterocycles. The van der Waals surface area contributed by atoms with Gasteiger partial charge < -0.3 is 5.32 Å². The highest BCUT2D eigenvalue weighted by Crippen LogP contribution is 2.11. The van der Waals surface area contributed by atoms with Crippen LogP contribution in [-0.2, 0) is 17.6 Å². The molecule has 0 aliphatic heterocycles. The number of rotatable bonds is 7. The Labute approximate surface area is 139 Å². The molecule has 0 aliphatic rings. The summed E-state index contributed by atoms with van der Waals surface area (Å²) in [6.45, 7) is 1.86. The van der Waals surface area contributed by atoms with Crippen LogP contribution in [0, 0.1) is 17.5 Å². The van der Waals surface area contributed by atoms with E-state index < -0.39 is 11.6 Å². The van der Waals surface area contributed by atoms with Crippen LogP contribution in [0.3, 0.4) is 0 Å². The second kappa shape index (κ2) is 8.52. The molecule has 0 aliphatic carbocycles. The van der Waals surface area contributed by atoms with E-state index in [4.69, 9.17) is 0 Å². The van der Waals surface area contributed by atoms with Crippen LogP contribution in [0.1, 0.15) is 30.9 Å². The van der Waals surface area contributed by atoms with Gasteiger partial charge in [0.15, 0.2) is 11.6 Å². The lowest BCUT2D eigenvalue weighted by Crippen LogP contribution is -2.33. The number of nitrogens with one attached hydrogen (secondary N) is 1. The Bertz CT molecular complexity index is 703. The van der Waals surface area contributed by atoms with Gasteiger partial charge in [0.1, 0.15) is 5.82 Å². The van der Waals surface area contributed by atoms with E-state index in [1.54, 1.807) is 12.1 Å². The van der Waals surface area contributed by atoms with Crippen molar-refractivity contribution in [1.29, 1.82) is 0 Å². The van der Waals surface area contributed by atoms with Crippen LogP contribution in [0.25, 0.3) is 0 Å². The minimum Gasteiger partial charge on any atom is -0.354 e. The number of benzene rings is 2. The molecule has 1 N–H and O–H groups in total. The summed E-state index contributed by atoms with van der Waals surface area (Å²) < 4.78 is 39.1. The smallest absolute Gasteiger partial charge is 0.220 e. The Kier molecular flexibility index (Phi) is 6.41. The second-order valence-corrected chi connectivity index (χ2v) is 5.89. The first kappa shape index (κ1) is 18.0. The van der Waals surface area contributed by atoms with E-state index in [0.717, 1.165) is 11.6 Å². The highest BCUT2D eigenvalue weighted by molar-refractivity contribution is 5.76. The van der Waals surface area contributed by atoms with E-state index in [-0.39, 0.29) is 24.2 Å². The number of amides is 1. The van der Waals surface area contributed by atoms with Crippen molar-refractivity contribution in [3.05, 3.63) is 71.0 Å². The molecule has 0 radical (unpaired) electrons. The van der Waals surface area contributed by atoms with Crippen LogP contribution in [-0.4, -0.2) is 11.9 Å². The van der Waals surface area contributed by atoms with Crippen LogP contribution in [0.2, 0.25) is 0 Å². The predicted octanol–water partition coefficient (Wildman–Crippen LogP) is 4.17. The second-order valence-electron chi connectivity index (χ2n) is 5.89. The molecule has 0 fully saturated rings. The molecule has 2 nitrogen and oxygen atoms in total. The first-order valence-electron chi connectivity index (χ1n) is 7.92. The topological polar surface area (TPSA) is 29.1 Å². The number of carbonyl (C=O) groups excluding carboxylic acids is 1. The van der Waals surface area contributed by atoms with Gasteiger partial charge in [0, 0.05) is 12.5 Å². The standard InChI is InChI=1S/C19H20F3NO/c1-13(5-6-15-7-9-17(21)18(22)12-15)23-19(24)10-8-14-3-2-4-16(20)11-14/h2-4,7,9,11-13H,5-6,8,10H2,1H3,(H,23,24). The maximum absolute atomic E-state index is 13.1. The largest absolute Gasteiger partial charge is 0.354 e. The molecule has 2 rings (SSSR count). The fraction of sp³-hybridized carbons (Fsp3) is 0.316. The molecule has 1 atom stereocenters. The van der Waals surface area contributed by atoms with Crippen molar-refractivity contribution in [3.8, 4) is 0 Å². The van der Waals surface area contributed by atoms with Crippen LogP contribution in [0.15, 0.2) is 42.5 Å². The molecule has 0 spiro atoms. The zero-order chi connectivity index (χ0) is 17.5. The number of hydrogen-bond acceptors (Lipinski definition) is 1. The van der Waals surface area contributed by atoms with E-state index in [9.17, 15) is 18.0 Å². The van der Waals surface area contributed by atoms with Crippen molar-refractivity contribution >= 4 is 5.91 Å². The van der Waals surface area contributed by atoms with Gasteiger partial charge in [0.05, 0.1) is 0 Å². The first-order chi connectivity index (χ1) is 11.4. The van der Waals surface area contributed by atoms with Crippen molar-refractivity contribution in [2.45, 2.75) is 38.6 Å². The summed E-state index contributed by atoms with van der Waals surface area (Å²) in [6, 6.07) is 9.91. The fourth-order valence-corrected chi connectivity index (χ4v) is 2.45. The molecule has 2 aromatic rings. The molecule has 24 heavy (non-hydrogen) atoms. The van der Waals surface area contributed by atoms with Crippen LogP contribution in [0.4, 0.5) is 13.2 Å². The van der Waals surface area contributed by atoms with Gasteiger partial charge in [0.25, 0.3) is 0 Å². The number of aryl methyl sites for hydroxylation is 2. The molecule has 0 bridgehead atoms. The van der Waals surface area contributed by atoms with Crippen molar-refractivity contribution in [2.24, 2.45) is 0 Å². The molecule has 1 amide bonds. The summed E-state index contributed by atoms with van der Waals surface area (Å²) in [5.74, 6) is -2.15. The third-order valence-electron chi connectivity index (χ3n) is 3.79. The zero-order valence-corrected chi connectivity index (χ0v) is 13.5. The van der Waals surface area contributed by atoms with Gasteiger partial charge in [-0.3, -0.25) is 4.79 Å². The summed E-state index contributed by atoms with van der Waals surface area (Å²) in [6.07, 6.45) is 1.91. The van der Waals surface area contributed by atoms with Gasteiger partial charge in [-0.25, -0.2) is 13.2 Å². The predicted molar refractivity (Wildman–Crippen MR) is 87.0 cm³/mol. The Hall–Kier alpha value is -2.30. The summed E-state index contributed by atoms with van der Waals surface area (Å²) in [5, 5.41) is 2.86. The zero-order valence-electron chi connectivity index (χ0n) is 13.5. The fourth-order valence-electron chi connectivity index (χ4n) is 2.45. The SMILES string of the molecule is CC(CCc1ccc(F)c(F)c1)NC(=O)CCc1cccc(F)c1. The van der Waals surface area contributed by atoms with E-state index in [0.29, 0.717) is 24.8 Å². The van der Waals surface area contributed by atoms with Gasteiger partial charge in [-0.2, -0.15) is 0 Å². The molecule has 0 aromatic heterocycles. The summed E-state index contributed by atoms with van der Waals surface area (Å²) in [4.78, 5) is 11.9. The third-order valence-corrected chi connectivity index (χ3v) is 3.79. The minimum atomic E-state index is -0.863. The normalized spacial score (nSPS) is 12.0. The molecule has 1 unspecified atom stereocenters. The van der Waals surface area contributed by atoms with Crippen molar-refractivity contribution < 1.29 is 18.0 Å². The van der Waals surface area contributed by atoms with Gasteiger partial charge in [-0.15, -0.1) is 0 Å². The van der Waals surface area contributed by atoms with Crippen LogP contribution in [0.5, 0.6) is 0 Å². The van der Waals surface area contributed by atoms with E-state index >= 15 is 0 Å². The summed E-state index contributed by atoms with van der Waals surface area (Å²) in [7, 11) is 0. The van der Waals surface area contributed by atoms with Gasteiger partial charge >= 0.3 is 0 Å². The van der Waals surface area contributed by atoms with Crippen molar-refractivity contribution in [1.82, 2.24) is 5.32 Å². The number of halogens is 3. The highest BCUT2D eigenvalue weighted by Gasteiger charge is 2.09.